The molecule has 2 aromatic heterocycles. The van der Waals surface area contributed by atoms with Crippen molar-refractivity contribution >= 4 is 50.6 Å². The number of rotatable bonds is 6. The third kappa shape index (κ3) is 4.17. The number of fused-ring (bicyclic) bond motifs is 1. The Morgan fingerprint density at radius 1 is 1.17 bits per heavy atom. The molecule has 0 aliphatic heterocycles. The van der Waals surface area contributed by atoms with E-state index in [9.17, 15) is 14.9 Å². The van der Waals surface area contributed by atoms with Crippen LogP contribution in [-0.4, -0.2) is 26.6 Å². The number of aryl methyl sites for hydroxylation is 1. The quantitative estimate of drug-likeness (QED) is 0.190. The van der Waals surface area contributed by atoms with Crippen LogP contribution in [0.15, 0.2) is 65.3 Å². The minimum absolute atomic E-state index is 0.0708. The van der Waals surface area contributed by atoms with E-state index in [0.29, 0.717) is 5.03 Å². The first-order valence-corrected chi connectivity index (χ1v) is 10.8. The molecule has 0 fully saturated rings. The Morgan fingerprint density at radius 2 is 1.93 bits per heavy atom. The van der Waals surface area contributed by atoms with Crippen molar-refractivity contribution in [2.45, 2.75) is 11.9 Å². The highest BCUT2D eigenvalue weighted by Gasteiger charge is 2.17. The van der Waals surface area contributed by atoms with Gasteiger partial charge in [0.1, 0.15) is 21.9 Å². The highest BCUT2D eigenvalue weighted by atomic mass is 32.2. The minimum atomic E-state index is -0.518. The summed E-state index contributed by atoms with van der Waals surface area (Å²) in [6, 6.07) is 14.3. The number of hydrogen-bond donors (Lipinski definition) is 1. The number of amides is 1. The van der Waals surface area contributed by atoms with Crippen molar-refractivity contribution in [3.63, 3.8) is 0 Å². The number of benzene rings is 2. The van der Waals surface area contributed by atoms with Gasteiger partial charge in [0.05, 0.1) is 16.1 Å². The van der Waals surface area contributed by atoms with Gasteiger partial charge < -0.3 is 5.32 Å². The summed E-state index contributed by atoms with van der Waals surface area (Å²) in [5, 5.41) is 17.4. The number of nitro groups is 1. The van der Waals surface area contributed by atoms with Gasteiger partial charge in [-0.3, -0.25) is 14.9 Å². The number of nitrogens with zero attached hydrogens (tertiary/aromatic N) is 3. The van der Waals surface area contributed by atoms with Gasteiger partial charge in [-0.15, -0.1) is 11.3 Å². The SMILES string of the molecule is Cc1ccc(-c2csc3ncnc(SCC(=O)Nc4ccccc4[N+](=O)[O-])c23)cc1. The van der Waals surface area contributed by atoms with Crippen LogP contribution < -0.4 is 5.32 Å². The zero-order valence-electron chi connectivity index (χ0n) is 15.9. The van der Waals surface area contributed by atoms with E-state index in [0.717, 1.165) is 21.3 Å². The van der Waals surface area contributed by atoms with E-state index in [1.807, 2.05) is 12.3 Å². The van der Waals surface area contributed by atoms with Gasteiger partial charge in [0.2, 0.25) is 5.91 Å². The number of thioether (sulfide) groups is 1. The molecule has 0 atom stereocenters. The number of hydrogen-bond acceptors (Lipinski definition) is 7. The van der Waals surface area contributed by atoms with Crippen molar-refractivity contribution in [2.75, 3.05) is 11.1 Å². The van der Waals surface area contributed by atoms with E-state index in [2.05, 4.69) is 39.6 Å². The Kier molecular flexibility index (Phi) is 5.73. The van der Waals surface area contributed by atoms with E-state index < -0.39 is 4.92 Å². The van der Waals surface area contributed by atoms with Crippen molar-refractivity contribution in [3.8, 4) is 11.1 Å². The molecule has 2 heterocycles. The monoisotopic (exact) mass is 436 g/mol. The van der Waals surface area contributed by atoms with Gasteiger partial charge in [-0.2, -0.15) is 0 Å². The average Bonchev–Trinajstić information content (AvgIpc) is 3.18. The van der Waals surface area contributed by atoms with E-state index in [1.54, 1.807) is 12.1 Å². The number of carbonyl (C=O) groups is 1. The van der Waals surface area contributed by atoms with Crippen molar-refractivity contribution < 1.29 is 9.72 Å². The summed E-state index contributed by atoms with van der Waals surface area (Å²) < 4.78 is 0. The first-order valence-electron chi connectivity index (χ1n) is 8.98. The number of nitrogens with one attached hydrogen (secondary N) is 1. The predicted octanol–water partition coefficient (Wildman–Crippen LogP) is 5.31. The Bertz CT molecular complexity index is 1240. The second-order valence-electron chi connectivity index (χ2n) is 6.49. The van der Waals surface area contributed by atoms with Crippen LogP contribution >= 0.6 is 23.1 Å². The standard InChI is InChI=1S/C21H16N4O3S2/c1-13-6-8-14(9-7-13)15-10-29-20-19(15)21(23-12-22-20)30-11-18(26)24-16-4-2-3-5-17(16)25(27)28/h2-10,12H,11H2,1H3,(H,24,26). The Hall–Kier alpha value is -3.30. The molecule has 4 aromatic rings. The van der Waals surface area contributed by atoms with E-state index in [-0.39, 0.29) is 23.0 Å². The van der Waals surface area contributed by atoms with E-state index >= 15 is 0 Å². The Morgan fingerprint density at radius 3 is 2.70 bits per heavy atom. The lowest BCUT2D eigenvalue weighted by Gasteiger charge is -2.07. The molecule has 1 N–H and O–H groups in total. The molecule has 0 unspecified atom stereocenters. The van der Waals surface area contributed by atoms with Gasteiger partial charge in [-0.1, -0.05) is 53.7 Å². The summed E-state index contributed by atoms with van der Waals surface area (Å²) in [5.41, 5.74) is 3.30. The molecule has 30 heavy (non-hydrogen) atoms. The number of para-hydroxylation sites is 2. The maximum absolute atomic E-state index is 12.4. The normalized spacial score (nSPS) is 10.8. The number of aromatic nitrogens is 2. The van der Waals surface area contributed by atoms with Crippen LogP contribution in [0.4, 0.5) is 11.4 Å². The topological polar surface area (TPSA) is 98.0 Å². The Balaban J connectivity index is 1.56. The summed E-state index contributed by atoms with van der Waals surface area (Å²) in [5.74, 6) is -0.269. The smallest absolute Gasteiger partial charge is 0.292 e. The molecular formula is C21H16N4O3S2. The molecular weight excluding hydrogens is 420 g/mol. The first kappa shape index (κ1) is 20.0. The molecule has 0 saturated heterocycles. The van der Waals surface area contributed by atoms with Gasteiger partial charge in [-0.05, 0) is 18.6 Å². The molecule has 0 spiro atoms. The lowest BCUT2D eigenvalue weighted by Crippen LogP contribution is -2.15. The number of thiophene rings is 1. The molecule has 0 saturated carbocycles. The summed E-state index contributed by atoms with van der Waals surface area (Å²) >= 11 is 2.81. The largest absolute Gasteiger partial charge is 0.320 e. The zero-order chi connectivity index (χ0) is 21.1. The lowest BCUT2D eigenvalue weighted by molar-refractivity contribution is -0.383. The molecule has 0 aliphatic carbocycles. The van der Waals surface area contributed by atoms with Crippen molar-refractivity contribution in [1.29, 1.82) is 0 Å². The lowest BCUT2D eigenvalue weighted by atomic mass is 10.1. The second kappa shape index (κ2) is 8.60. The fourth-order valence-corrected chi connectivity index (χ4v) is 4.75. The predicted molar refractivity (Wildman–Crippen MR) is 120 cm³/mol. The second-order valence-corrected chi connectivity index (χ2v) is 8.31. The Labute approximate surface area is 180 Å². The van der Waals surface area contributed by atoms with Crippen LogP contribution in [0.1, 0.15) is 5.56 Å². The number of carbonyl (C=O) groups excluding carboxylic acids is 1. The fraction of sp³-hybridized carbons (Fsp3) is 0.0952. The first-order chi connectivity index (χ1) is 14.5. The van der Waals surface area contributed by atoms with Crippen LogP contribution in [-0.2, 0) is 4.79 Å². The van der Waals surface area contributed by atoms with Gasteiger partial charge in [0, 0.05) is 17.0 Å². The molecule has 150 valence electrons. The summed E-state index contributed by atoms with van der Waals surface area (Å²) in [4.78, 5) is 32.6. The minimum Gasteiger partial charge on any atom is -0.320 e. The summed E-state index contributed by atoms with van der Waals surface area (Å²) in [6.07, 6.45) is 1.49. The van der Waals surface area contributed by atoms with Crippen LogP contribution in [0.3, 0.4) is 0 Å². The zero-order valence-corrected chi connectivity index (χ0v) is 17.5. The maximum atomic E-state index is 12.4. The molecule has 0 aliphatic rings. The number of nitro benzene ring substituents is 1. The van der Waals surface area contributed by atoms with Crippen LogP contribution in [0.2, 0.25) is 0 Å². The van der Waals surface area contributed by atoms with Crippen LogP contribution in [0.5, 0.6) is 0 Å². The molecule has 9 heteroatoms. The highest BCUT2D eigenvalue weighted by Crippen LogP contribution is 2.38. The van der Waals surface area contributed by atoms with Crippen molar-refractivity contribution in [3.05, 3.63) is 75.9 Å². The maximum Gasteiger partial charge on any atom is 0.292 e. The van der Waals surface area contributed by atoms with E-state index in [1.165, 1.54) is 47.1 Å². The number of anilines is 1. The molecule has 7 nitrogen and oxygen atoms in total. The van der Waals surface area contributed by atoms with Gasteiger partial charge in [0.15, 0.2) is 0 Å². The third-order valence-corrected chi connectivity index (χ3v) is 6.29. The molecule has 2 aromatic carbocycles. The van der Waals surface area contributed by atoms with Gasteiger partial charge >= 0.3 is 0 Å². The van der Waals surface area contributed by atoms with E-state index in [4.69, 9.17) is 0 Å². The highest BCUT2D eigenvalue weighted by molar-refractivity contribution is 8.00. The average molecular weight is 437 g/mol. The third-order valence-electron chi connectivity index (χ3n) is 4.41. The summed E-state index contributed by atoms with van der Waals surface area (Å²) in [6.45, 7) is 2.04. The molecule has 1 amide bonds. The van der Waals surface area contributed by atoms with Crippen LogP contribution in [0, 0.1) is 17.0 Å². The molecule has 0 bridgehead atoms. The van der Waals surface area contributed by atoms with Crippen molar-refractivity contribution in [1.82, 2.24) is 9.97 Å². The van der Waals surface area contributed by atoms with Crippen molar-refractivity contribution in [2.24, 2.45) is 0 Å². The molecule has 0 radical (unpaired) electrons. The molecule has 4 rings (SSSR count). The summed E-state index contributed by atoms with van der Waals surface area (Å²) in [7, 11) is 0. The van der Waals surface area contributed by atoms with Gasteiger partial charge in [-0.25, -0.2) is 9.97 Å². The fourth-order valence-electron chi connectivity index (χ4n) is 2.96. The van der Waals surface area contributed by atoms with Gasteiger partial charge in [0.25, 0.3) is 5.69 Å². The van der Waals surface area contributed by atoms with Crippen LogP contribution in [0.25, 0.3) is 21.3 Å².